The summed E-state index contributed by atoms with van der Waals surface area (Å²) in [7, 11) is 0. The van der Waals surface area contributed by atoms with Crippen molar-refractivity contribution in [2.75, 3.05) is 6.54 Å². The first-order valence-corrected chi connectivity index (χ1v) is 7.14. The molecular formula is C16H25N3. The minimum Gasteiger partial charge on any atom is -0.328 e. The highest BCUT2D eigenvalue weighted by Gasteiger charge is 2.08. The quantitative estimate of drug-likeness (QED) is 0.833. The van der Waals surface area contributed by atoms with Crippen LogP contribution < -0.4 is 5.32 Å². The predicted octanol–water partition coefficient (Wildman–Crippen LogP) is 3.51. The number of nitrogens with one attached hydrogen (secondary N) is 1. The molecule has 0 aliphatic carbocycles. The van der Waals surface area contributed by atoms with Crippen molar-refractivity contribution in [3.63, 3.8) is 0 Å². The maximum atomic E-state index is 4.60. The Kier molecular flexibility index (Phi) is 4.25. The van der Waals surface area contributed by atoms with Gasteiger partial charge in [-0.1, -0.05) is 12.1 Å². The van der Waals surface area contributed by atoms with Gasteiger partial charge in [-0.15, -0.1) is 0 Å². The predicted molar refractivity (Wildman–Crippen MR) is 81.5 cm³/mol. The summed E-state index contributed by atoms with van der Waals surface area (Å²) >= 11 is 0. The van der Waals surface area contributed by atoms with Crippen molar-refractivity contribution >= 4 is 11.0 Å². The number of benzene rings is 1. The molecule has 0 unspecified atom stereocenters. The largest absolute Gasteiger partial charge is 0.328 e. The highest BCUT2D eigenvalue weighted by atomic mass is 15.1. The molecule has 0 bridgehead atoms. The van der Waals surface area contributed by atoms with E-state index in [9.17, 15) is 0 Å². The van der Waals surface area contributed by atoms with Crippen LogP contribution in [0, 0.1) is 6.92 Å². The first kappa shape index (κ1) is 14.1. The van der Waals surface area contributed by atoms with Gasteiger partial charge in [-0.05, 0) is 59.2 Å². The molecule has 2 rings (SSSR count). The van der Waals surface area contributed by atoms with Crippen LogP contribution in [0.1, 0.15) is 39.4 Å². The van der Waals surface area contributed by atoms with Gasteiger partial charge in [-0.2, -0.15) is 0 Å². The number of hydrogen-bond acceptors (Lipinski definition) is 2. The molecule has 1 N–H and O–H groups in total. The van der Waals surface area contributed by atoms with E-state index in [-0.39, 0.29) is 5.54 Å². The molecule has 1 aromatic carbocycles. The molecule has 0 fully saturated rings. The summed E-state index contributed by atoms with van der Waals surface area (Å²) in [5, 5.41) is 3.53. The van der Waals surface area contributed by atoms with E-state index in [1.807, 2.05) is 6.07 Å². The Bertz CT molecular complexity index is 534. The second kappa shape index (κ2) is 5.74. The van der Waals surface area contributed by atoms with Crippen molar-refractivity contribution < 1.29 is 0 Å². The van der Waals surface area contributed by atoms with Gasteiger partial charge in [0, 0.05) is 12.1 Å². The third-order valence-electron chi connectivity index (χ3n) is 3.31. The minimum atomic E-state index is 0.220. The van der Waals surface area contributed by atoms with E-state index in [0.29, 0.717) is 0 Å². The molecular weight excluding hydrogens is 234 g/mol. The summed E-state index contributed by atoms with van der Waals surface area (Å²) in [6.07, 6.45) is 2.38. The van der Waals surface area contributed by atoms with Crippen LogP contribution in [0.5, 0.6) is 0 Å². The van der Waals surface area contributed by atoms with Gasteiger partial charge in [0.25, 0.3) is 0 Å². The van der Waals surface area contributed by atoms with E-state index in [0.717, 1.165) is 24.4 Å². The fourth-order valence-corrected chi connectivity index (χ4v) is 2.34. The lowest BCUT2D eigenvalue weighted by atomic mass is 10.1. The number of nitrogens with zero attached hydrogens (tertiary/aromatic N) is 2. The molecule has 104 valence electrons. The number of aromatic nitrogens is 2. The van der Waals surface area contributed by atoms with Crippen LogP contribution in [0.4, 0.5) is 0 Å². The molecule has 0 saturated heterocycles. The molecule has 1 heterocycles. The van der Waals surface area contributed by atoms with Crippen molar-refractivity contribution in [2.24, 2.45) is 0 Å². The highest BCUT2D eigenvalue weighted by molar-refractivity contribution is 5.75. The topological polar surface area (TPSA) is 29.9 Å². The van der Waals surface area contributed by atoms with Gasteiger partial charge in [0.1, 0.15) is 5.82 Å². The molecule has 0 atom stereocenters. The van der Waals surface area contributed by atoms with Gasteiger partial charge in [-0.3, -0.25) is 0 Å². The van der Waals surface area contributed by atoms with E-state index in [4.69, 9.17) is 0 Å². The lowest BCUT2D eigenvalue weighted by Crippen LogP contribution is -2.36. The number of fused-ring (bicyclic) bond motifs is 1. The minimum absolute atomic E-state index is 0.220. The number of hydrogen-bond donors (Lipinski definition) is 1. The molecule has 0 amide bonds. The first-order chi connectivity index (χ1) is 8.97. The van der Waals surface area contributed by atoms with Crippen molar-refractivity contribution in [3.8, 4) is 0 Å². The molecule has 19 heavy (non-hydrogen) atoms. The summed E-state index contributed by atoms with van der Waals surface area (Å²) in [6, 6.07) is 8.37. The molecule has 0 aliphatic heterocycles. The molecule has 2 aromatic rings. The summed E-state index contributed by atoms with van der Waals surface area (Å²) in [6.45, 7) is 10.8. The van der Waals surface area contributed by atoms with E-state index in [1.54, 1.807) is 0 Å². The van der Waals surface area contributed by atoms with Gasteiger partial charge in [0.05, 0.1) is 11.0 Å². The summed E-state index contributed by atoms with van der Waals surface area (Å²) in [5.41, 5.74) is 2.58. The van der Waals surface area contributed by atoms with Crippen LogP contribution in [0.3, 0.4) is 0 Å². The molecule has 0 aliphatic rings. The zero-order chi connectivity index (χ0) is 13.9. The lowest BCUT2D eigenvalue weighted by Gasteiger charge is -2.20. The van der Waals surface area contributed by atoms with Crippen LogP contribution in [0.25, 0.3) is 11.0 Å². The van der Waals surface area contributed by atoms with Crippen molar-refractivity contribution in [2.45, 2.75) is 52.6 Å². The Morgan fingerprint density at radius 3 is 2.63 bits per heavy atom. The maximum Gasteiger partial charge on any atom is 0.106 e. The molecule has 0 spiro atoms. The maximum absolute atomic E-state index is 4.60. The Balaban J connectivity index is 1.90. The van der Waals surface area contributed by atoms with Crippen molar-refractivity contribution in [3.05, 3.63) is 30.1 Å². The number of unbranched alkanes of at least 4 members (excludes halogenated alkanes) is 1. The van der Waals surface area contributed by atoms with Crippen LogP contribution in [-0.2, 0) is 6.54 Å². The number of para-hydroxylation sites is 2. The van der Waals surface area contributed by atoms with Crippen LogP contribution in [0.2, 0.25) is 0 Å². The van der Waals surface area contributed by atoms with Gasteiger partial charge >= 0.3 is 0 Å². The highest BCUT2D eigenvalue weighted by Crippen LogP contribution is 2.16. The SMILES string of the molecule is Cc1nc2ccccc2n1CCCCNC(C)(C)C. The number of aryl methyl sites for hydroxylation is 2. The molecule has 0 saturated carbocycles. The van der Waals surface area contributed by atoms with Crippen molar-refractivity contribution in [1.29, 1.82) is 0 Å². The third kappa shape index (κ3) is 3.80. The van der Waals surface area contributed by atoms with Crippen LogP contribution in [0.15, 0.2) is 24.3 Å². The Morgan fingerprint density at radius 1 is 1.16 bits per heavy atom. The van der Waals surface area contributed by atoms with E-state index in [2.05, 4.69) is 60.8 Å². The van der Waals surface area contributed by atoms with Gasteiger partial charge < -0.3 is 9.88 Å². The number of rotatable bonds is 5. The van der Waals surface area contributed by atoms with E-state index < -0.39 is 0 Å². The Morgan fingerprint density at radius 2 is 1.89 bits per heavy atom. The van der Waals surface area contributed by atoms with Crippen molar-refractivity contribution in [1.82, 2.24) is 14.9 Å². The average molecular weight is 259 g/mol. The third-order valence-corrected chi connectivity index (χ3v) is 3.31. The zero-order valence-corrected chi connectivity index (χ0v) is 12.5. The zero-order valence-electron chi connectivity index (χ0n) is 12.5. The second-order valence-corrected chi connectivity index (χ2v) is 6.18. The van der Waals surface area contributed by atoms with Gasteiger partial charge in [0.15, 0.2) is 0 Å². The van der Waals surface area contributed by atoms with Crippen LogP contribution in [-0.4, -0.2) is 21.6 Å². The Hall–Kier alpha value is -1.35. The number of imidazole rings is 1. The average Bonchev–Trinajstić information content (AvgIpc) is 2.64. The Labute approximate surface area is 116 Å². The molecule has 3 nitrogen and oxygen atoms in total. The standard InChI is InChI=1S/C16H25N3/c1-13-18-14-9-5-6-10-15(14)19(13)12-8-7-11-17-16(2,3)4/h5-6,9-10,17H,7-8,11-12H2,1-4H3. The molecule has 1 aromatic heterocycles. The smallest absolute Gasteiger partial charge is 0.106 e. The summed E-state index contributed by atoms with van der Waals surface area (Å²) in [5.74, 6) is 1.12. The summed E-state index contributed by atoms with van der Waals surface area (Å²) < 4.78 is 2.33. The van der Waals surface area contributed by atoms with E-state index >= 15 is 0 Å². The van der Waals surface area contributed by atoms with Crippen LogP contribution >= 0.6 is 0 Å². The second-order valence-electron chi connectivity index (χ2n) is 6.18. The molecule has 0 radical (unpaired) electrons. The monoisotopic (exact) mass is 259 g/mol. The first-order valence-electron chi connectivity index (χ1n) is 7.14. The fourth-order valence-electron chi connectivity index (χ4n) is 2.34. The normalized spacial score (nSPS) is 12.2. The lowest BCUT2D eigenvalue weighted by molar-refractivity contribution is 0.414. The summed E-state index contributed by atoms with van der Waals surface area (Å²) in [4.78, 5) is 4.60. The fraction of sp³-hybridized carbons (Fsp3) is 0.562. The van der Waals surface area contributed by atoms with Gasteiger partial charge in [-0.25, -0.2) is 4.98 Å². The van der Waals surface area contributed by atoms with Gasteiger partial charge in [0.2, 0.25) is 0 Å². The van der Waals surface area contributed by atoms with E-state index in [1.165, 1.54) is 18.4 Å². The molecule has 3 heteroatoms.